The molecule has 3 aromatic rings. The summed E-state index contributed by atoms with van der Waals surface area (Å²) in [4.78, 5) is 2.43. The van der Waals surface area contributed by atoms with Gasteiger partial charge in [0.2, 0.25) is 0 Å². The molecule has 0 aliphatic heterocycles. The van der Waals surface area contributed by atoms with Crippen LogP contribution in [-0.4, -0.2) is 31.1 Å². The molecule has 0 radical (unpaired) electrons. The zero-order valence-electron chi connectivity index (χ0n) is 15.9. The monoisotopic (exact) mass is 372 g/mol. The first-order valence-corrected chi connectivity index (χ1v) is 9.22. The predicted octanol–water partition coefficient (Wildman–Crippen LogP) is 5.18. The summed E-state index contributed by atoms with van der Waals surface area (Å²) in [6.07, 6.45) is 0. The minimum Gasteiger partial charge on any atom is -0.459 e. The second-order valence-electron chi connectivity index (χ2n) is 6.51. The first-order valence-electron chi connectivity index (χ1n) is 9.22. The quantitative estimate of drug-likeness (QED) is 0.590. The highest BCUT2D eigenvalue weighted by atomic mass is 35.5. The van der Waals surface area contributed by atoms with E-state index in [1.54, 1.807) is 0 Å². The number of nitrogens with zero attached hydrogens (tertiary/aromatic N) is 1. The number of hydrogen-bond acceptors (Lipinski definition) is 3. The molecule has 0 fully saturated rings. The number of fused-ring (bicyclic) bond motifs is 1. The Hall–Kier alpha value is -1.81. The van der Waals surface area contributed by atoms with E-state index >= 15 is 0 Å². The average Bonchev–Trinajstić information content (AvgIpc) is 3.07. The number of furan rings is 1. The number of hydrogen-bond donors (Lipinski definition) is 1. The number of halogens is 1. The number of rotatable bonds is 8. The van der Waals surface area contributed by atoms with Gasteiger partial charge >= 0.3 is 0 Å². The van der Waals surface area contributed by atoms with Crippen LogP contribution < -0.4 is 5.32 Å². The SMILES string of the molecule is CCN(CC)CCNC(c1ccc(C)cc1)c1cc2ccccc2o1.Cl. The topological polar surface area (TPSA) is 28.4 Å². The zero-order valence-corrected chi connectivity index (χ0v) is 16.7. The highest BCUT2D eigenvalue weighted by molar-refractivity contribution is 5.85. The van der Waals surface area contributed by atoms with E-state index in [9.17, 15) is 0 Å². The van der Waals surface area contributed by atoms with Crippen molar-refractivity contribution in [1.82, 2.24) is 10.2 Å². The molecule has 3 nitrogen and oxygen atoms in total. The molecule has 1 N–H and O–H groups in total. The van der Waals surface area contributed by atoms with Gasteiger partial charge < -0.3 is 14.6 Å². The lowest BCUT2D eigenvalue weighted by molar-refractivity contribution is 0.296. The molecule has 0 aliphatic rings. The molecule has 3 rings (SSSR count). The lowest BCUT2D eigenvalue weighted by Gasteiger charge is -2.22. The van der Waals surface area contributed by atoms with Crippen molar-refractivity contribution in [1.29, 1.82) is 0 Å². The Labute approximate surface area is 162 Å². The lowest BCUT2D eigenvalue weighted by Crippen LogP contribution is -2.34. The molecular weight excluding hydrogens is 344 g/mol. The molecule has 1 atom stereocenters. The van der Waals surface area contributed by atoms with Gasteiger partial charge in [-0.2, -0.15) is 0 Å². The Morgan fingerprint density at radius 1 is 1.00 bits per heavy atom. The van der Waals surface area contributed by atoms with E-state index in [0.717, 1.165) is 42.9 Å². The van der Waals surface area contributed by atoms with Gasteiger partial charge in [-0.25, -0.2) is 0 Å². The minimum absolute atomic E-state index is 0. The van der Waals surface area contributed by atoms with Gasteiger partial charge in [-0.05, 0) is 37.7 Å². The Bertz CT molecular complexity index is 760. The summed E-state index contributed by atoms with van der Waals surface area (Å²) in [5.74, 6) is 0.976. The van der Waals surface area contributed by atoms with E-state index < -0.39 is 0 Å². The molecule has 1 aromatic heterocycles. The summed E-state index contributed by atoms with van der Waals surface area (Å²) in [6.45, 7) is 10.7. The second kappa shape index (κ2) is 9.77. The Balaban J connectivity index is 0.00000243. The van der Waals surface area contributed by atoms with Crippen LogP contribution in [0.3, 0.4) is 0 Å². The van der Waals surface area contributed by atoms with Crippen LogP contribution in [0.15, 0.2) is 59.0 Å². The molecule has 1 heterocycles. The fourth-order valence-corrected chi connectivity index (χ4v) is 3.19. The predicted molar refractivity (Wildman–Crippen MR) is 112 cm³/mol. The summed E-state index contributed by atoms with van der Waals surface area (Å²) >= 11 is 0. The number of aryl methyl sites for hydroxylation is 1. The maximum absolute atomic E-state index is 6.15. The summed E-state index contributed by atoms with van der Waals surface area (Å²) in [7, 11) is 0. The van der Waals surface area contributed by atoms with Crippen LogP contribution in [0.1, 0.15) is 36.8 Å². The molecule has 0 saturated heterocycles. The average molecular weight is 373 g/mol. The van der Waals surface area contributed by atoms with Crippen LogP contribution >= 0.6 is 12.4 Å². The molecule has 1 unspecified atom stereocenters. The molecular formula is C22H29ClN2O. The Morgan fingerprint density at radius 3 is 2.35 bits per heavy atom. The molecule has 0 amide bonds. The van der Waals surface area contributed by atoms with E-state index in [-0.39, 0.29) is 18.4 Å². The maximum Gasteiger partial charge on any atom is 0.134 e. The third-order valence-electron chi connectivity index (χ3n) is 4.81. The zero-order chi connectivity index (χ0) is 17.6. The van der Waals surface area contributed by atoms with Gasteiger partial charge in [-0.15, -0.1) is 12.4 Å². The van der Waals surface area contributed by atoms with E-state index in [0.29, 0.717) is 0 Å². The van der Waals surface area contributed by atoms with Gasteiger partial charge in [0.15, 0.2) is 0 Å². The van der Waals surface area contributed by atoms with Crippen molar-refractivity contribution in [2.45, 2.75) is 26.8 Å². The van der Waals surface area contributed by atoms with Crippen LogP contribution in [0.25, 0.3) is 11.0 Å². The van der Waals surface area contributed by atoms with Crippen molar-refractivity contribution < 1.29 is 4.42 Å². The molecule has 0 spiro atoms. The molecule has 0 aliphatic carbocycles. The Kier molecular flexibility index (Phi) is 7.70. The number of benzene rings is 2. The summed E-state index contributed by atoms with van der Waals surface area (Å²) in [5, 5.41) is 4.85. The fourth-order valence-electron chi connectivity index (χ4n) is 3.19. The minimum atomic E-state index is 0. The van der Waals surface area contributed by atoms with Crippen molar-refractivity contribution in [2.75, 3.05) is 26.2 Å². The van der Waals surface area contributed by atoms with Crippen LogP contribution in [0.2, 0.25) is 0 Å². The smallest absolute Gasteiger partial charge is 0.134 e. The van der Waals surface area contributed by atoms with Crippen LogP contribution in [-0.2, 0) is 0 Å². The summed E-state index contributed by atoms with van der Waals surface area (Å²) in [5.41, 5.74) is 3.46. The lowest BCUT2D eigenvalue weighted by atomic mass is 10.0. The number of likely N-dealkylation sites (N-methyl/N-ethyl adjacent to an activating group) is 1. The van der Waals surface area contributed by atoms with Gasteiger partial charge in [0.1, 0.15) is 11.3 Å². The molecule has 0 bridgehead atoms. The van der Waals surface area contributed by atoms with Crippen LogP contribution in [0, 0.1) is 6.92 Å². The Morgan fingerprint density at radius 2 is 1.69 bits per heavy atom. The summed E-state index contributed by atoms with van der Waals surface area (Å²) < 4.78 is 6.15. The van der Waals surface area contributed by atoms with E-state index in [1.165, 1.54) is 11.1 Å². The molecule has 4 heteroatoms. The van der Waals surface area contributed by atoms with Crippen molar-refractivity contribution in [3.05, 3.63) is 71.5 Å². The van der Waals surface area contributed by atoms with Crippen molar-refractivity contribution in [2.24, 2.45) is 0 Å². The first-order chi connectivity index (χ1) is 12.2. The number of nitrogens with one attached hydrogen (secondary N) is 1. The summed E-state index contributed by atoms with van der Waals surface area (Å²) in [6, 6.07) is 19.1. The van der Waals surface area contributed by atoms with E-state index in [2.05, 4.69) is 73.5 Å². The van der Waals surface area contributed by atoms with Gasteiger partial charge in [-0.3, -0.25) is 0 Å². The largest absolute Gasteiger partial charge is 0.459 e. The third-order valence-corrected chi connectivity index (χ3v) is 4.81. The third kappa shape index (κ3) is 4.88. The molecule has 26 heavy (non-hydrogen) atoms. The van der Waals surface area contributed by atoms with Crippen LogP contribution in [0.4, 0.5) is 0 Å². The van der Waals surface area contributed by atoms with Crippen molar-refractivity contribution in [3.63, 3.8) is 0 Å². The van der Waals surface area contributed by atoms with E-state index in [1.807, 2.05) is 12.1 Å². The van der Waals surface area contributed by atoms with Gasteiger partial charge in [0.05, 0.1) is 6.04 Å². The molecule has 140 valence electrons. The normalized spacial score (nSPS) is 12.3. The van der Waals surface area contributed by atoms with Crippen molar-refractivity contribution in [3.8, 4) is 0 Å². The van der Waals surface area contributed by atoms with Crippen molar-refractivity contribution >= 4 is 23.4 Å². The van der Waals surface area contributed by atoms with E-state index in [4.69, 9.17) is 4.42 Å². The maximum atomic E-state index is 6.15. The molecule has 2 aromatic carbocycles. The molecule has 0 saturated carbocycles. The highest BCUT2D eigenvalue weighted by Gasteiger charge is 2.18. The van der Waals surface area contributed by atoms with Gasteiger partial charge in [0, 0.05) is 18.5 Å². The van der Waals surface area contributed by atoms with Gasteiger partial charge in [0.25, 0.3) is 0 Å². The van der Waals surface area contributed by atoms with Crippen LogP contribution in [0.5, 0.6) is 0 Å². The second-order valence-corrected chi connectivity index (χ2v) is 6.51. The standard InChI is InChI=1S/C22H28N2O.ClH/c1-4-24(5-2)15-14-23-22(18-12-10-17(3)11-13-18)21-16-19-8-6-7-9-20(19)25-21;/h6-13,16,22-23H,4-5,14-15H2,1-3H3;1H. The fraction of sp³-hybridized carbons (Fsp3) is 0.364. The van der Waals surface area contributed by atoms with Gasteiger partial charge in [-0.1, -0.05) is 61.9 Å². The highest BCUT2D eigenvalue weighted by Crippen LogP contribution is 2.28. The number of para-hydroxylation sites is 1. The first kappa shape index (κ1) is 20.5.